The van der Waals surface area contributed by atoms with Crippen LogP contribution in [0.4, 0.5) is 0 Å². The van der Waals surface area contributed by atoms with Crippen LogP contribution in [0.5, 0.6) is 11.5 Å². The minimum absolute atomic E-state index is 0.416. The molecule has 0 saturated heterocycles. The molecule has 3 aromatic carbocycles. The maximum atomic E-state index is 9.74. The Morgan fingerprint density at radius 2 is 1.81 bits per heavy atom. The topological polar surface area (TPSA) is 68.3 Å². The van der Waals surface area contributed by atoms with Crippen LogP contribution in [0.2, 0.25) is 5.02 Å². The Labute approximate surface area is 183 Å². The van der Waals surface area contributed by atoms with Crippen molar-refractivity contribution in [2.45, 2.75) is 19.3 Å². The first-order chi connectivity index (χ1) is 15.2. The average Bonchev–Trinajstić information content (AvgIpc) is 3.44. The Balaban J connectivity index is 1.48. The lowest BCUT2D eigenvalue weighted by atomic mass is 10.0. The Bertz CT molecular complexity index is 1400. The first kappa shape index (κ1) is 18.3. The molecule has 1 aromatic heterocycles. The third kappa shape index (κ3) is 2.87. The van der Waals surface area contributed by atoms with E-state index in [1.165, 1.54) is 5.56 Å². The number of aryl methyl sites for hydroxylation is 1. The van der Waals surface area contributed by atoms with Gasteiger partial charge in [0.2, 0.25) is 5.89 Å². The molecule has 0 N–H and O–H groups in total. The van der Waals surface area contributed by atoms with E-state index in [9.17, 15) is 5.26 Å². The van der Waals surface area contributed by atoms with E-state index in [4.69, 9.17) is 25.5 Å². The highest BCUT2D eigenvalue weighted by atomic mass is 35.5. The van der Waals surface area contributed by atoms with Crippen molar-refractivity contribution in [3.63, 3.8) is 0 Å². The minimum atomic E-state index is 0.416. The van der Waals surface area contributed by atoms with Crippen LogP contribution in [0.3, 0.4) is 0 Å². The Kier molecular flexibility index (Phi) is 4.15. The third-order valence-electron chi connectivity index (χ3n) is 5.95. The van der Waals surface area contributed by atoms with E-state index in [2.05, 4.69) is 11.1 Å². The van der Waals surface area contributed by atoms with E-state index in [1.54, 1.807) is 0 Å². The fourth-order valence-electron chi connectivity index (χ4n) is 4.49. The molecule has 0 fully saturated rings. The molecule has 0 bridgehead atoms. The number of nitrogens with zero attached hydrogens (tertiary/aromatic N) is 2. The number of oxazole rings is 1. The van der Waals surface area contributed by atoms with Gasteiger partial charge in [-0.05, 0) is 60.2 Å². The second-order valence-corrected chi connectivity index (χ2v) is 8.13. The van der Waals surface area contributed by atoms with E-state index in [0.717, 1.165) is 41.7 Å². The van der Waals surface area contributed by atoms with Crippen LogP contribution in [0.25, 0.3) is 33.7 Å². The molecular formula is C25H17ClN2O3. The quantitative estimate of drug-likeness (QED) is 0.394. The number of hydrogen-bond donors (Lipinski definition) is 0. The zero-order chi connectivity index (χ0) is 20.9. The van der Waals surface area contributed by atoms with E-state index >= 15 is 0 Å². The number of nitriles is 1. The maximum absolute atomic E-state index is 9.74. The first-order valence-corrected chi connectivity index (χ1v) is 10.6. The van der Waals surface area contributed by atoms with Crippen LogP contribution in [-0.2, 0) is 12.8 Å². The molecule has 1 aliphatic heterocycles. The van der Waals surface area contributed by atoms with Gasteiger partial charge < -0.3 is 13.9 Å². The minimum Gasteiger partial charge on any atom is -0.486 e. The lowest BCUT2D eigenvalue weighted by Crippen LogP contribution is -2.15. The summed E-state index contributed by atoms with van der Waals surface area (Å²) in [6, 6.07) is 15.9. The van der Waals surface area contributed by atoms with Gasteiger partial charge in [-0.15, -0.1) is 0 Å². The van der Waals surface area contributed by atoms with Crippen LogP contribution >= 0.6 is 11.6 Å². The largest absolute Gasteiger partial charge is 0.486 e. The summed E-state index contributed by atoms with van der Waals surface area (Å²) in [5, 5.41) is 10.3. The number of hydrogen-bond acceptors (Lipinski definition) is 5. The van der Waals surface area contributed by atoms with Crippen LogP contribution in [-0.4, -0.2) is 18.2 Å². The van der Waals surface area contributed by atoms with Gasteiger partial charge in [0.05, 0.1) is 10.6 Å². The van der Waals surface area contributed by atoms with Gasteiger partial charge in [0.15, 0.2) is 17.1 Å². The summed E-state index contributed by atoms with van der Waals surface area (Å²) in [5.41, 5.74) is 6.59. The molecule has 0 spiro atoms. The van der Waals surface area contributed by atoms with E-state index in [0.29, 0.717) is 52.1 Å². The normalized spacial score (nSPS) is 14.5. The predicted octanol–water partition coefficient (Wildman–Crippen LogP) is 5.95. The van der Waals surface area contributed by atoms with Gasteiger partial charge in [0.25, 0.3) is 0 Å². The van der Waals surface area contributed by atoms with Crippen molar-refractivity contribution in [1.82, 2.24) is 4.98 Å². The summed E-state index contributed by atoms with van der Waals surface area (Å²) in [7, 11) is 0. The Morgan fingerprint density at radius 3 is 2.68 bits per heavy atom. The lowest BCUT2D eigenvalue weighted by Gasteiger charge is -2.19. The van der Waals surface area contributed by atoms with Gasteiger partial charge in [-0.3, -0.25) is 0 Å². The molecule has 1 aliphatic carbocycles. The van der Waals surface area contributed by atoms with E-state index in [-0.39, 0.29) is 0 Å². The predicted molar refractivity (Wildman–Crippen MR) is 118 cm³/mol. The second-order valence-electron chi connectivity index (χ2n) is 7.75. The van der Waals surface area contributed by atoms with E-state index < -0.39 is 0 Å². The second kappa shape index (κ2) is 7.04. The highest BCUT2D eigenvalue weighted by molar-refractivity contribution is 6.36. The molecule has 0 radical (unpaired) electrons. The summed E-state index contributed by atoms with van der Waals surface area (Å²) < 4.78 is 17.4. The number of benzene rings is 3. The molecule has 6 heteroatoms. The summed E-state index contributed by atoms with van der Waals surface area (Å²) in [6.45, 7) is 1.08. The van der Waals surface area contributed by atoms with Crippen LogP contribution < -0.4 is 9.47 Å². The Morgan fingerprint density at radius 1 is 0.968 bits per heavy atom. The molecule has 5 nitrogen and oxygen atoms in total. The zero-order valence-electron chi connectivity index (χ0n) is 16.6. The standard InChI is InChI=1S/C25H17ClN2O3/c26-23-17(15-7-8-21-22(12-15)30-10-9-29-21)5-2-6-18(23)25-28-20-11-14-3-1-4-16(14)19(13-27)24(20)31-25/h2,5-8,11-12H,1,3-4,9-10H2. The number of ether oxygens (including phenoxy) is 2. The van der Waals surface area contributed by atoms with Crippen molar-refractivity contribution >= 4 is 22.7 Å². The summed E-state index contributed by atoms with van der Waals surface area (Å²) in [4.78, 5) is 4.69. The average molecular weight is 429 g/mol. The first-order valence-electron chi connectivity index (χ1n) is 10.3. The van der Waals surface area contributed by atoms with Crippen molar-refractivity contribution in [3.8, 4) is 40.1 Å². The van der Waals surface area contributed by atoms with Crippen LogP contribution in [0, 0.1) is 11.3 Å². The van der Waals surface area contributed by atoms with Crippen molar-refractivity contribution in [1.29, 1.82) is 5.26 Å². The van der Waals surface area contributed by atoms with Crippen molar-refractivity contribution in [2.24, 2.45) is 0 Å². The molecular weight excluding hydrogens is 412 g/mol. The Hall–Kier alpha value is -3.49. The maximum Gasteiger partial charge on any atom is 0.228 e. The number of fused-ring (bicyclic) bond motifs is 3. The van der Waals surface area contributed by atoms with Gasteiger partial charge in [0, 0.05) is 5.56 Å². The van der Waals surface area contributed by atoms with Crippen LogP contribution in [0.1, 0.15) is 23.1 Å². The monoisotopic (exact) mass is 428 g/mol. The molecule has 0 atom stereocenters. The fraction of sp³-hybridized carbons (Fsp3) is 0.200. The SMILES string of the molecule is N#Cc1c2c(cc3nc(-c4cccc(-c5ccc6c(c5)OCCO6)c4Cl)oc13)CCC2. The molecule has 2 heterocycles. The van der Waals surface area contributed by atoms with Crippen molar-refractivity contribution in [2.75, 3.05) is 13.2 Å². The number of rotatable bonds is 2. The smallest absolute Gasteiger partial charge is 0.228 e. The molecule has 0 unspecified atom stereocenters. The van der Waals surface area contributed by atoms with Gasteiger partial charge in [-0.2, -0.15) is 5.26 Å². The van der Waals surface area contributed by atoms with Gasteiger partial charge in [-0.25, -0.2) is 4.98 Å². The van der Waals surface area contributed by atoms with E-state index in [1.807, 2.05) is 42.5 Å². The molecule has 0 saturated carbocycles. The third-order valence-corrected chi connectivity index (χ3v) is 6.35. The summed E-state index contributed by atoms with van der Waals surface area (Å²) in [6.07, 6.45) is 2.94. The molecule has 4 aromatic rings. The molecule has 2 aliphatic rings. The number of aromatic nitrogens is 1. The lowest BCUT2D eigenvalue weighted by molar-refractivity contribution is 0.171. The molecule has 152 valence electrons. The van der Waals surface area contributed by atoms with Crippen molar-refractivity contribution < 1.29 is 13.9 Å². The van der Waals surface area contributed by atoms with Crippen LogP contribution in [0.15, 0.2) is 46.9 Å². The van der Waals surface area contributed by atoms with Crippen molar-refractivity contribution in [3.05, 3.63) is 64.2 Å². The number of halogens is 1. The molecule has 0 amide bonds. The van der Waals surface area contributed by atoms with Gasteiger partial charge >= 0.3 is 0 Å². The highest BCUT2D eigenvalue weighted by Gasteiger charge is 2.23. The zero-order valence-corrected chi connectivity index (χ0v) is 17.3. The molecule has 6 rings (SSSR count). The summed E-state index contributed by atoms with van der Waals surface area (Å²) in [5.74, 6) is 1.86. The highest BCUT2D eigenvalue weighted by Crippen LogP contribution is 2.41. The van der Waals surface area contributed by atoms with Gasteiger partial charge in [0.1, 0.15) is 30.4 Å². The summed E-state index contributed by atoms with van der Waals surface area (Å²) >= 11 is 6.83. The molecule has 31 heavy (non-hydrogen) atoms. The van der Waals surface area contributed by atoms with Gasteiger partial charge in [-0.1, -0.05) is 29.8 Å². The fourth-order valence-corrected chi connectivity index (χ4v) is 4.80.